The van der Waals surface area contributed by atoms with Gasteiger partial charge in [0, 0.05) is 30.5 Å². The molecule has 0 saturated carbocycles. The topological polar surface area (TPSA) is 50.1 Å². The summed E-state index contributed by atoms with van der Waals surface area (Å²) in [7, 11) is 0. The van der Waals surface area contributed by atoms with Crippen LogP contribution in [0.4, 0.5) is 0 Å². The van der Waals surface area contributed by atoms with E-state index in [1.807, 2.05) is 16.9 Å². The van der Waals surface area contributed by atoms with Gasteiger partial charge in [0.05, 0.1) is 6.61 Å². The number of hydrogen-bond donors (Lipinski definition) is 2. The summed E-state index contributed by atoms with van der Waals surface area (Å²) in [5, 5.41) is 17.3. The van der Waals surface area contributed by atoms with Crippen molar-refractivity contribution in [3.05, 3.63) is 18.5 Å². The molecule has 1 aromatic heterocycles. The molecule has 4 nitrogen and oxygen atoms in total. The zero-order valence-electron chi connectivity index (χ0n) is 11.2. The molecule has 4 heteroatoms. The maximum atomic E-state index is 9.60. The molecule has 0 aliphatic carbocycles. The lowest BCUT2D eigenvalue weighted by Crippen LogP contribution is -2.51. The Morgan fingerprint density at radius 2 is 2.24 bits per heavy atom. The Hall–Kier alpha value is -0.870. The maximum absolute atomic E-state index is 9.60. The van der Waals surface area contributed by atoms with Crippen LogP contribution in [0, 0.1) is 0 Å². The van der Waals surface area contributed by atoms with Crippen LogP contribution < -0.4 is 5.32 Å². The van der Waals surface area contributed by atoms with Gasteiger partial charge in [-0.05, 0) is 25.3 Å². The molecule has 0 aliphatic heterocycles. The third-order valence-electron chi connectivity index (χ3n) is 3.18. The lowest BCUT2D eigenvalue weighted by Gasteiger charge is -2.34. The molecule has 0 amide bonds. The molecule has 0 radical (unpaired) electrons. The Labute approximate surface area is 104 Å². The fourth-order valence-electron chi connectivity index (χ4n) is 2.21. The van der Waals surface area contributed by atoms with Crippen molar-refractivity contribution >= 4 is 0 Å². The van der Waals surface area contributed by atoms with Gasteiger partial charge in [-0.25, -0.2) is 0 Å². The smallest absolute Gasteiger partial charge is 0.0613 e. The largest absolute Gasteiger partial charge is 0.394 e. The molecule has 0 saturated heterocycles. The van der Waals surface area contributed by atoms with Crippen LogP contribution in [0.25, 0.3) is 0 Å². The van der Waals surface area contributed by atoms with Crippen LogP contribution >= 0.6 is 0 Å². The minimum Gasteiger partial charge on any atom is -0.394 e. The van der Waals surface area contributed by atoms with Crippen molar-refractivity contribution < 1.29 is 5.11 Å². The number of aliphatic hydroxyl groups excluding tert-OH is 1. The van der Waals surface area contributed by atoms with E-state index in [1.54, 1.807) is 6.20 Å². The van der Waals surface area contributed by atoms with Crippen LogP contribution in [0.2, 0.25) is 0 Å². The van der Waals surface area contributed by atoms with Crippen LogP contribution in [0.15, 0.2) is 18.5 Å². The van der Waals surface area contributed by atoms with E-state index in [0.29, 0.717) is 6.04 Å². The molecule has 1 atom stereocenters. The second-order valence-corrected chi connectivity index (χ2v) is 4.96. The van der Waals surface area contributed by atoms with Crippen LogP contribution in [-0.2, 0) is 6.54 Å². The van der Waals surface area contributed by atoms with Crippen LogP contribution in [-0.4, -0.2) is 33.1 Å². The molecule has 2 N–H and O–H groups in total. The number of nitrogens with one attached hydrogen (secondary N) is 1. The Bertz CT molecular complexity index is 292. The molecule has 1 aromatic rings. The fraction of sp³-hybridized carbons (Fsp3) is 0.769. The lowest BCUT2D eigenvalue weighted by molar-refractivity contribution is 0.133. The average Bonchev–Trinajstić information content (AvgIpc) is 2.80. The summed E-state index contributed by atoms with van der Waals surface area (Å²) in [5.41, 5.74) is -0.138. The second-order valence-electron chi connectivity index (χ2n) is 4.96. The van der Waals surface area contributed by atoms with E-state index in [1.165, 1.54) is 0 Å². The molecule has 0 aromatic carbocycles. The van der Waals surface area contributed by atoms with E-state index in [-0.39, 0.29) is 12.1 Å². The number of rotatable bonds is 8. The van der Waals surface area contributed by atoms with Crippen molar-refractivity contribution in [3.8, 4) is 0 Å². The zero-order valence-corrected chi connectivity index (χ0v) is 11.2. The molecule has 0 aliphatic rings. The van der Waals surface area contributed by atoms with Crippen molar-refractivity contribution in [3.63, 3.8) is 0 Å². The van der Waals surface area contributed by atoms with Crippen molar-refractivity contribution in [2.24, 2.45) is 0 Å². The quantitative estimate of drug-likeness (QED) is 0.727. The van der Waals surface area contributed by atoms with Crippen LogP contribution in [0.1, 0.15) is 40.0 Å². The van der Waals surface area contributed by atoms with Gasteiger partial charge in [0.2, 0.25) is 0 Å². The first kappa shape index (κ1) is 14.2. The fourth-order valence-corrected chi connectivity index (χ4v) is 2.21. The summed E-state index contributed by atoms with van der Waals surface area (Å²) in [6.45, 7) is 7.47. The number of hydrogen-bond acceptors (Lipinski definition) is 3. The Kier molecular flexibility index (Phi) is 5.65. The van der Waals surface area contributed by atoms with Gasteiger partial charge in [-0.2, -0.15) is 5.10 Å². The summed E-state index contributed by atoms with van der Waals surface area (Å²) in [4.78, 5) is 0. The van der Waals surface area contributed by atoms with Gasteiger partial charge in [-0.1, -0.05) is 20.8 Å². The molecule has 17 heavy (non-hydrogen) atoms. The summed E-state index contributed by atoms with van der Waals surface area (Å²) < 4.78 is 1.94. The predicted octanol–water partition coefficient (Wildman–Crippen LogP) is 1.80. The van der Waals surface area contributed by atoms with Crippen molar-refractivity contribution in [1.29, 1.82) is 0 Å². The minimum atomic E-state index is -0.138. The van der Waals surface area contributed by atoms with E-state index < -0.39 is 0 Å². The zero-order chi connectivity index (χ0) is 12.7. The summed E-state index contributed by atoms with van der Waals surface area (Å²) in [6.07, 6.45) is 6.71. The number of aromatic nitrogens is 2. The van der Waals surface area contributed by atoms with Crippen LogP contribution in [0.3, 0.4) is 0 Å². The normalized spacial score (nSPS) is 15.1. The van der Waals surface area contributed by atoms with Crippen molar-refractivity contribution in [2.45, 2.75) is 58.2 Å². The average molecular weight is 239 g/mol. The van der Waals surface area contributed by atoms with Gasteiger partial charge < -0.3 is 10.4 Å². The highest BCUT2D eigenvalue weighted by molar-refractivity contribution is 4.87. The third-order valence-corrected chi connectivity index (χ3v) is 3.18. The predicted molar refractivity (Wildman–Crippen MR) is 69.8 cm³/mol. The highest BCUT2D eigenvalue weighted by Crippen LogP contribution is 2.18. The molecule has 1 rings (SSSR count). The second kappa shape index (κ2) is 6.77. The first-order chi connectivity index (χ1) is 8.12. The van der Waals surface area contributed by atoms with Gasteiger partial charge in [0.1, 0.15) is 0 Å². The maximum Gasteiger partial charge on any atom is 0.0613 e. The Morgan fingerprint density at radius 1 is 1.47 bits per heavy atom. The summed E-state index contributed by atoms with van der Waals surface area (Å²) in [6, 6.07) is 2.33. The Morgan fingerprint density at radius 3 is 2.71 bits per heavy atom. The first-order valence-corrected chi connectivity index (χ1v) is 6.48. The summed E-state index contributed by atoms with van der Waals surface area (Å²) >= 11 is 0. The standard InChI is InChI=1S/C13H25N3O/c1-4-13(11-17,15-12(2)3)7-5-9-16-10-6-8-14-16/h6,8,10,12,15,17H,4-5,7,9,11H2,1-3H3. The highest BCUT2D eigenvalue weighted by atomic mass is 16.3. The van der Waals surface area contributed by atoms with E-state index >= 15 is 0 Å². The van der Waals surface area contributed by atoms with Gasteiger partial charge in [-0.15, -0.1) is 0 Å². The van der Waals surface area contributed by atoms with E-state index in [4.69, 9.17) is 0 Å². The third kappa shape index (κ3) is 4.48. The van der Waals surface area contributed by atoms with Gasteiger partial charge >= 0.3 is 0 Å². The van der Waals surface area contributed by atoms with E-state index in [2.05, 4.69) is 31.2 Å². The number of aliphatic hydroxyl groups is 1. The molecular formula is C13H25N3O. The van der Waals surface area contributed by atoms with Crippen LogP contribution in [0.5, 0.6) is 0 Å². The summed E-state index contributed by atoms with van der Waals surface area (Å²) in [5.74, 6) is 0. The molecule has 1 heterocycles. The minimum absolute atomic E-state index is 0.138. The molecule has 1 unspecified atom stereocenters. The molecule has 98 valence electrons. The SMILES string of the molecule is CCC(CO)(CCCn1cccn1)NC(C)C. The Balaban J connectivity index is 2.43. The molecular weight excluding hydrogens is 214 g/mol. The highest BCUT2D eigenvalue weighted by Gasteiger charge is 2.27. The lowest BCUT2D eigenvalue weighted by atomic mass is 9.90. The molecule has 0 bridgehead atoms. The first-order valence-electron chi connectivity index (χ1n) is 6.48. The van der Waals surface area contributed by atoms with Crippen molar-refractivity contribution in [1.82, 2.24) is 15.1 Å². The van der Waals surface area contributed by atoms with Gasteiger partial charge in [0.15, 0.2) is 0 Å². The number of aryl methyl sites for hydroxylation is 1. The molecule has 0 fully saturated rings. The molecule has 0 spiro atoms. The van der Waals surface area contributed by atoms with E-state index in [0.717, 1.165) is 25.8 Å². The van der Waals surface area contributed by atoms with Crippen molar-refractivity contribution in [2.75, 3.05) is 6.61 Å². The van der Waals surface area contributed by atoms with E-state index in [9.17, 15) is 5.11 Å². The monoisotopic (exact) mass is 239 g/mol. The van der Waals surface area contributed by atoms with Gasteiger partial charge in [-0.3, -0.25) is 4.68 Å². The van der Waals surface area contributed by atoms with Gasteiger partial charge in [0.25, 0.3) is 0 Å². The number of nitrogens with zero attached hydrogens (tertiary/aromatic N) is 2.